The first-order chi connectivity index (χ1) is 8.19. The number of thioether (sulfide) groups is 1. The lowest BCUT2D eigenvalue weighted by Gasteiger charge is -2.14. The third-order valence-corrected chi connectivity index (χ3v) is 4.70. The van der Waals surface area contributed by atoms with Gasteiger partial charge in [0, 0.05) is 27.8 Å². The molecule has 1 aromatic carbocycles. The molecule has 1 unspecified atom stereocenters. The maximum atomic E-state index is 6.08. The summed E-state index contributed by atoms with van der Waals surface area (Å²) in [4.78, 5) is 1.33. The molecular weight excluding hydrogens is 250 g/mol. The van der Waals surface area contributed by atoms with E-state index in [1.807, 2.05) is 17.8 Å². The largest absolute Gasteiger partial charge is 0.310 e. The Morgan fingerprint density at radius 1 is 1.47 bits per heavy atom. The van der Waals surface area contributed by atoms with Crippen molar-refractivity contribution >= 4 is 23.4 Å². The average Bonchev–Trinajstić information content (AvgIpc) is 3.12. The van der Waals surface area contributed by atoms with Gasteiger partial charge in [0.15, 0.2) is 0 Å². The molecule has 1 N–H and O–H groups in total. The standard InChI is InChI=1S/C14H20ClNS/c1-3-10(2)17-14-8-12(15)5-4-11(14)9-16-13-6-7-13/h4-5,8,10,13,16H,3,6-7,9H2,1-2H3. The van der Waals surface area contributed by atoms with Gasteiger partial charge in [-0.1, -0.05) is 31.5 Å². The Kier molecular flexibility index (Phi) is 4.78. The van der Waals surface area contributed by atoms with Gasteiger partial charge >= 0.3 is 0 Å². The van der Waals surface area contributed by atoms with Crippen LogP contribution >= 0.6 is 23.4 Å². The zero-order chi connectivity index (χ0) is 12.3. The molecule has 1 atom stereocenters. The van der Waals surface area contributed by atoms with E-state index in [4.69, 9.17) is 11.6 Å². The molecule has 1 aromatic rings. The lowest BCUT2D eigenvalue weighted by molar-refractivity contribution is 0.680. The molecular formula is C14H20ClNS. The van der Waals surface area contributed by atoms with Gasteiger partial charge in [-0.25, -0.2) is 0 Å². The van der Waals surface area contributed by atoms with Crippen molar-refractivity contribution in [3.05, 3.63) is 28.8 Å². The van der Waals surface area contributed by atoms with Crippen molar-refractivity contribution in [2.75, 3.05) is 0 Å². The lowest BCUT2D eigenvalue weighted by atomic mass is 10.2. The third-order valence-electron chi connectivity index (χ3n) is 3.09. The van der Waals surface area contributed by atoms with Crippen molar-refractivity contribution in [2.24, 2.45) is 0 Å². The van der Waals surface area contributed by atoms with Crippen LogP contribution in [0.1, 0.15) is 38.7 Å². The van der Waals surface area contributed by atoms with Crippen LogP contribution in [-0.4, -0.2) is 11.3 Å². The number of halogens is 1. The van der Waals surface area contributed by atoms with Crippen molar-refractivity contribution in [3.63, 3.8) is 0 Å². The van der Waals surface area contributed by atoms with Gasteiger partial charge < -0.3 is 5.32 Å². The monoisotopic (exact) mass is 269 g/mol. The summed E-state index contributed by atoms with van der Waals surface area (Å²) < 4.78 is 0. The number of hydrogen-bond acceptors (Lipinski definition) is 2. The highest BCUT2D eigenvalue weighted by Gasteiger charge is 2.20. The van der Waals surface area contributed by atoms with E-state index in [9.17, 15) is 0 Å². The maximum absolute atomic E-state index is 6.08. The van der Waals surface area contributed by atoms with Crippen molar-refractivity contribution in [1.82, 2.24) is 5.32 Å². The first-order valence-electron chi connectivity index (χ1n) is 6.37. The van der Waals surface area contributed by atoms with Crippen LogP contribution < -0.4 is 5.32 Å². The number of nitrogens with one attached hydrogen (secondary N) is 1. The molecule has 0 radical (unpaired) electrons. The van der Waals surface area contributed by atoms with E-state index >= 15 is 0 Å². The SMILES string of the molecule is CCC(C)Sc1cc(Cl)ccc1CNC1CC1. The van der Waals surface area contributed by atoms with Crippen LogP contribution in [0.15, 0.2) is 23.1 Å². The Hall–Kier alpha value is -0.180. The first kappa shape index (κ1) is 13.3. The molecule has 0 aliphatic heterocycles. The molecule has 0 amide bonds. The molecule has 17 heavy (non-hydrogen) atoms. The molecule has 0 bridgehead atoms. The summed E-state index contributed by atoms with van der Waals surface area (Å²) in [5.41, 5.74) is 1.38. The number of rotatable bonds is 6. The van der Waals surface area contributed by atoms with Crippen LogP contribution in [0.25, 0.3) is 0 Å². The molecule has 1 aliphatic carbocycles. The second-order valence-electron chi connectivity index (χ2n) is 4.74. The molecule has 1 saturated carbocycles. The van der Waals surface area contributed by atoms with Crippen LogP contribution in [0.3, 0.4) is 0 Å². The predicted octanol–water partition coefficient (Wildman–Crippen LogP) is 4.48. The van der Waals surface area contributed by atoms with Gasteiger partial charge in [0.1, 0.15) is 0 Å². The van der Waals surface area contributed by atoms with Gasteiger partial charge in [-0.2, -0.15) is 0 Å². The minimum Gasteiger partial charge on any atom is -0.310 e. The highest BCUT2D eigenvalue weighted by Crippen LogP contribution is 2.31. The van der Waals surface area contributed by atoms with Crippen LogP contribution in [-0.2, 0) is 6.54 Å². The fourth-order valence-corrected chi connectivity index (χ4v) is 2.95. The van der Waals surface area contributed by atoms with Gasteiger partial charge in [-0.15, -0.1) is 11.8 Å². The topological polar surface area (TPSA) is 12.0 Å². The predicted molar refractivity (Wildman–Crippen MR) is 76.9 cm³/mol. The van der Waals surface area contributed by atoms with Crippen LogP contribution in [0.5, 0.6) is 0 Å². The number of hydrogen-bond donors (Lipinski definition) is 1. The molecule has 1 fully saturated rings. The van der Waals surface area contributed by atoms with Gasteiger partial charge in [0.05, 0.1) is 0 Å². The lowest BCUT2D eigenvalue weighted by Crippen LogP contribution is -2.16. The van der Waals surface area contributed by atoms with E-state index in [1.165, 1.54) is 29.7 Å². The van der Waals surface area contributed by atoms with E-state index in [0.29, 0.717) is 5.25 Å². The maximum Gasteiger partial charge on any atom is 0.0417 e. The summed E-state index contributed by atoms with van der Waals surface area (Å²) in [6.07, 6.45) is 3.86. The Morgan fingerprint density at radius 2 is 2.24 bits per heavy atom. The fraction of sp³-hybridized carbons (Fsp3) is 0.571. The second kappa shape index (κ2) is 6.12. The molecule has 1 nitrogen and oxygen atoms in total. The Bertz CT molecular complexity index is 376. The average molecular weight is 270 g/mol. The number of benzene rings is 1. The van der Waals surface area contributed by atoms with Crippen molar-refractivity contribution in [3.8, 4) is 0 Å². The van der Waals surface area contributed by atoms with Gasteiger partial charge in [-0.3, -0.25) is 0 Å². The normalized spacial score (nSPS) is 17.1. The van der Waals surface area contributed by atoms with E-state index in [-0.39, 0.29) is 0 Å². The Labute approximate surface area is 113 Å². The zero-order valence-corrected chi connectivity index (χ0v) is 12.1. The fourth-order valence-electron chi connectivity index (χ4n) is 1.63. The molecule has 0 saturated heterocycles. The summed E-state index contributed by atoms with van der Waals surface area (Å²) in [6.45, 7) is 5.47. The highest BCUT2D eigenvalue weighted by molar-refractivity contribution is 8.00. The summed E-state index contributed by atoms with van der Waals surface area (Å²) >= 11 is 8.02. The Morgan fingerprint density at radius 3 is 2.88 bits per heavy atom. The highest BCUT2D eigenvalue weighted by atomic mass is 35.5. The molecule has 0 heterocycles. The minimum absolute atomic E-state index is 0.646. The zero-order valence-electron chi connectivity index (χ0n) is 10.5. The minimum atomic E-state index is 0.646. The van der Waals surface area contributed by atoms with Gasteiger partial charge in [0.2, 0.25) is 0 Å². The Balaban J connectivity index is 2.05. The second-order valence-corrected chi connectivity index (χ2v) is 6.66. The van der Waals surface area contributed by atoms with Crippen LogP contribution in [0.4, 0.5) is 0 Å². The third kappa shape index (κ3) is 4.20. The summed E-state index contributed by atoms with van der Waals surface area (Å²) in [5.74, 6) is 0. The van der Waals surface area contributed by atoms with Crippen molar-refractivity contribution in [2.45, 2.75) is 55.8 Å². The van der Waals surface area contributed by atoms with Crippen LogP contribution in [0, 0.1) is 0 Å². The molecule has 94 valence electrons. The summed E-state index contributed by atoms with van der Waals surface area (Å²) in [6, 6.07) is 7.00. The smallest absolute Gasteiger partial charge is 0.0417 e. The van der Waals surface area contributed by atoms with E-state index in [2.05, 4.69) is 31.3 Å². The van der Waals surface area contributed by atoms with E-state index in [1.54, 1.807) is 0 Å². The quantitative estimate of drug-likeness (QED) is 0.764. The van der Waals surface area contributed by atoms with Crippen molar-refractivity contribution < 1.29 is 0 Å². The summed E-state index contributed by atoms with van der Waals surface area (Å²) in [7, 11) is 0. The summed E-state index contributed by atoms with van der Waals surface area (Å²) in [5, 5.41) is 5.05. The van der Waals surface area contributed by atoms with Crippen molar-refractivity contribution in [1.29, 1.82) is 0 Å². The molecule has 1 aliphatic rings. The molecule has 0 spiro atoms. The molecule has 2 rings (SSSR count). The molecule has 0 aromatic heterocycles. The van der Waals surface area contributed by atoms with Crippen LogP contribution in [0.2, 0.25) is 5.02 Å². The van der Waals surface area contributed by atoms with Gasteiger partial charge in [0.25, 0.3) is 0 Å². The van der Waals surface area contributed by atoms with Gasteiger partial charge in [-0.05, 0) is 37.0 Å². The van der Waals surface area contributed by atoms with E-state index < -0.39 is 0 Å². The molecule has 3 heteroatoms. The first-order valence-corrected chi connectivity index (χ1v) is 7.63. The van der Waals surface area contributed by atoms with E-state index in [0.717, 1.165) is 17.6 Å².